The van der Waals surface area contributed by atoms with Crippen molar-refractivity contribution in [1.29, 1.82) is 0 Å². The first kappa shape index (κ1) is 17.0. The summed E-state index contributed by atoms with van der Waals surface area (Å²) in [4.78, 5) is 16.9. The second kappa shape index (κ2) is 6.82. The number of amides is 1. The minimum atomic E-state index is -4.79. The SMILES string of the molecule is Cc1nc(NC(=O)/C=C\c2ccccc2OC(F)(F)F)sc1C. The highest BCUT2D eigenvalue weighted by atomic mass is 32.1. The molecule has 1 N–H and O–H groups in total. The molecule has 0 aliphatic heterocycles. The topological polar surface area (TPSA) is 51.2 Å². The molecule has 0 saturated heterocycles. The average Bonchev–Trinajstić information content (AvgIpc) is 2.74. The van der Waals surface area contributed by atoms with Crippen molar-refractivity contribution in [3.63, 3.8) is 0 Å². The number of hydrogen-bond acceptors (Lipinski definition) is 4. The Kier molecular flexibility index (Phi) is 5.05. The van der Waals surface area contributed by atoms with Crippen LogP contribution in [0.3, 0.4) is 0 Å². The number of carbonyl (C=O) groups is 1. The molecule has 1 aromatic heterocycles. The van der Waals surface area contributed by atoms with Gasteiger partial charge in [0.1, 0.15) is 5.75 Å². The summed E-state index contributed by atoms with van der Waals surface area (Å²) in [6.07, 6.45) is -2.41. The largest absolute Gasteiger partial charge is 0.573 e. The lowest BCUT2D eigenvalue weighted by Gasteiger charge is -2.10. The van der Waals surface area contributed by atoms with Crippen molar-refractivity contribution in [2.75, 3.05) is 5.32 Å². The molecule has 0 spiro atoms. The molecule has 23 heavy (non-hydrogen) atoms. The summed E-state index contributed by atoms with van der Waals surface area (Å²) in [5, 5.41) is 3.00. The third-order valence-electron chi connectivity index (χ3n) is 2.82. The zero-order chi connectivity index (χ0) is 17.0. The molecule has 4 nitrogen and oxygen atoms in total. The number of nitrogens with zero attached hydrogens (tertiary/aromatic N) is 1. The van der Waals surface area contributed by atoms with Crippen molar-refractivity contribution in [2.45, 2.75) is 20.2 Å². The average molecular weight is 342 g/mol. The molecule has 1 heterocycles. The number of halogens is 3. The van der Waals surface area contributed by atoms with E-state index in [1.807, 2.05) is 13.8 Å². The highest BCUT2D eigenvalue weighted by Gasteiger charge is 2.31. The van der Waals surface area contributed by atoms with Gasteiger partial charge in [-0.05, 0) is 26.0 Å². The number of alkyl halides is 3. The van der Waals surface area contributed by atoms with Gasteiger partial charge in [-0.15, -0.1) is 24.5 Å². The van der Waals surface area contributed by atoms with Crippen LogP contribution in [0.2, 0.25) is 0 Å². The van der Waals surface area contributed by atoms with Gasteiger partial charge in [-0.2, -0.15) is 0 Å². The number of hydrogen-bond donors (Lipinski definition) is 1. The lowest BCUT2D eigenvalue weighted by atomic mass is 10.2. The molecule has 0 saturated carbocycles. The molecule has 2 aromatic rings. The summed E-state index contributed by atoms with van der Waals surface area (Å²) in [5.74, 6) is -0.856. The minimum absolute atomic E-state index is 0.145. The van der Waals surface area contributed by atoms with Gasteiger partial charge in [-0.1, -0.05) is 18.2 Å². The van der Waals surface area contributed by atoms with Gasteiger partial charge < -0.3 is 4.74 Å². The van der Waals surface area contributed by atoms with Crippen LogP contribution in [0.25, 0.3) is 6.08 Å². The maximum Gasteiger partial charge on any atom is 0.573 e. The summed E-state index contributed by atoms with van der Waals surface area (Å²) in [7, 11) is 0. The number of nitrogens with one attached hydrogen (secondary N) is 1. The molecule has 0 bridgehead atoms. The smallest absolute Gasteiger partial charge is 0.405 e. The van der Waals surface area contributed by atoms with E-state index in [-0.39, 0.29) is 11.3 Å². The molecule has 0 fully saturated rings. The molecule has 1 amide bonds. The molecular weight excluding hydrogens is 329 g/mol. The van der Waals surface area contributed by atoms with Gasteiger partial charge in [-0.3, -0.25) is 10.1 Å². The van der Waals surface area contributed by atoms with Gasteiger partial charge in [0.2, 0.25) is 5.91 Å². The first-order valence-electron chi connectivity index (χ1n) is 6.52. The zero-order valence-electron chi connectivity index (χ0n) is 12.3. The Labute approximate surface area is 134 Å². The van der Waals surface area contributed by atoms with E-state index in [2.05, 4.69) is 15.0 Å². The van der Waals surface area contributed by atoms with Crippen molar-refractivity contribution >= 4 is 28.5 Å². The normalized spacial score (nSPS) is 11.7. The van der Waals surface area contributed by atoms with Crippen LogP contribution in [0.5, 0.6) is 5.75 Å². The van der Waals surface area contributed by atoms with Crippen molar-refractivity contribution in [3.05, 3.63) is 46.5 Å². The molecule has 0 aliphatic rings. The summed E-state index contributed by atoms with van der Waals surface area (Å²) < 4.78 is 40.9. The van der Waals surface area contributed by atoms with E-state index in [4.69, 9.17) is 0 Å². The van der Waals surface area contributed by atoms with Crippen molar-refractivity contribution in [2.24, 2.45) is 0 Å². The van der Waals surface area contributed by atoms with Gasteiger partial charge in [0.15, 0.2) is 5.13 Å². The Morgan fingerprint density at radius 2 is 2.00 bits per heavy atom. The Balaban J connectivity index is 2.09. The summed E-state index contributed by atoms with van der Waals surface area (Å²) in [6.45, 7) is 3.70. The van der Waals surface area contributed by atoms with Crippen LogP contribution in [0, 0.1) is 13.8 Å². The van der Waals surface area contributed by atoms with E-state index in [0.29, 0.717) is 5.13 Å². The quantitative estimate of drug-likeness (QED) is 0.843. The van der Waals surface area contributed by atoms with Crippen LogP contribution in [0.1, 0.15) is 16.1 Å². The summed E-state index contributed by atoms with van der Waals surface area (Å²) in [6, 6.07) is 5.56. The number of benzene rings is 1. The monoisotopic (exact) mass is 342 g/mol. The second-order valence-corrected chi connectivity index (χ2v) is 5.77. The molecule has 0 aliphatic carbocycles. The number of carbonyl (C=O) groups excluding carboxylic acids is 1. The van der Waals surface area contributed by atoms with E-state index in [1.54, 1.807) is 6.07 Å². The lowest BCUT2D eigenvalue weighted by molar-refractivity contribution is -0.274. The van der Waals surface area contributed by atoms with Crippen LogP contribution >= 0.6 is 11.3 Å². The molecule has 0 atom stereocenters. The maximum absolute atomic E-state index is 12.3. The number of ether oxygens (including phenoxy) is 1. The predicted molar refractivity (Wildman–Crippen MR) is 82.4 cm³/mol. The van der Waals surface area contributed by atoms with Gasteiger partial charge in [-0.25, -0.2) is 4.98 Å². The standard InChI is InChI=1S/C15H13F3N2O2S/c1-9-10(2)23-14(19-9)20-13(21)8-7-11-5-3-4-6-12(11)22-15(16,17)18/h3-8H,1-2H3,(H,19,20,21)/b8-7-. The third kappa shape index (κ3) is 5.10. The number of rotatable bonds is 4. The molecule has 0 radical (unpaired) electrons. The van der Waals surface area contributed by atoms with Crippen LogP contribution in [-0.2, 0) is 4.79 Å². The molecule has 122 valence electrons. The van der Waals surface area contributed by atoms with E-state index in [1.165, 1.54) is 35.6 Å². The number of aryl methyl sites for hydroxylation is 2. The van der Waals surface area contributed by atoms with Gasteiger partial charge >= 0.3 is 6.36 Å². The number of para-hydroxylation sites is 1. The molecular formula is C15H13F3N2O2S. The van der Waals surface area contributed by atoms with E-state index >= 15 is 0 Å². The maximum atomic E-state index is 12.3. The Bertz CT molecular complexity index is 719. The first-order valence-corrected chi connectivity index (χ1v) is 7.34. The lowest BCUT2D eigenvalue weighted by Crippen LogP contribution is -2.17. The van der Waals surface area contributed by atoms with E-state index < -0.39 is 12.3 Å². The van der Waals surface area contributed by atoms with Gasteiger partial charge in [0, 0.05) is 16.5 Å². The number of thiazole rings is 1. The fourth-order valence-electron chi connectivity index (χ4n) is 1.67. The van der Waals surface area contributed by atoms with Crippen molar-refractivity contribution in [3.8, 4) is 5.75 Å². The Morgan fingerprint density at radius 1 is 1.30 bits per heavy atom. The van der Waals surface area contributed by atoms with E-state index in [9.17, 15) is 18.0 Å². The van der Waals surface area contributed by atoms with Crippen LogP contribution < -0.4 is 10.1 Å². The second-order valence-electron chi connectivity index (χ2n) is 4.57. The molecule has 1 aromatic carbocycles. The molecule has 8 heteroatoms. The summed E-state index contributed by atoms with van der Waals surface area (Å²) >= 11 is 1.32. The highest BCUT2D eigenvalue weighted by molar-refractivity contribution is 7.15. The van der Waals surface area contributed by atoms with Crippen LogP contribution in [-0.4, -0.2) is 17.3 Å². The van der Waals surface area contributed by atoms with Gasteiger partial charge in [0.05, 0.1) is 5.69 Å². The fourth-order valence-corrected chi connectivity index (χ4v) is 2.49. The third-order valence-corrected chi connectivity index (χ3v) is 3.81. The van der Waals surface area contributed by atoms with Gasteiger partial charge in [0.25, 0.3) is 0 Å². The minimum Gasteiger partial charge on any atom is -0.405 e. The number of aromatic nitrogens is 1. The highest BCUT2D eigenvalue weighted by Crippen LogP contribution is 2.27. The predicted octanol–water partition coefficient (Wildman–Crippen LogP) is 4.31. The first-order chi connectivity index (χ1) is 10.7. The number of anilines is 1. The van der Waals surface area contributed by atoms with Crippen molar-refractivity contribution < 1.29 is 22.7 Å². The van der Waals surface area contributed by atoms with Crippen molar-refractivity contribution in [1.82, 2.24) is 4.98 Å². The van der Waals surface area contributed by atoms with Crippen LogP contribution in [0.4, 0.5) is 18.3 Å². The fraction of sp³-hybridized carbons (Fsp3) is 0.200. The Hall–Kier alpha value is -2.35. The molecule has 2 rings (SSSR count). The summed E-state index contributed by atoms with van der Waals surface area (Å²) in [5.41, 5.74) is 0.963. The Morgan fingerprint density at radius 3 is 2.61 bits per heavy atom. The van der Waals surface area contributed by atoms with Crippen LogP contribution in [0.15, 0.2) is 30.3 Å². The zero-order valence-corrected chi connectivity index (χ0v) is 13.1. The molecule has 0 unspecified atom stereocenters. The van der Waals surface area contributed by atoms with E-state index in [0.717, 1.165) is 16.6 Å².